The highest BCUT2D eigenvalue weighted by atomic mass is 32.1. The van der Waals surface area contributed by atoms with Gasteiger partial charge in [-0.2, -0.15) is 11.3 Å². The van der Waals surface area contributed by atoms with E-state index >= 15 is 0 Å². The van der Waals surface area contributed by atoms with Crippen LogP contribution in [0.4, 0.5) is 10.6 Å². The first-order valence-electron chi connectivity index (χ1n) is 7.38. The minimum atomic E-state index is -0.277. The van der Waals surface area contributed by atoms with Gasteiger partial charge in [-0.05, 0) is 42.4 Å². The van der Waals surface area contributed by atoms with Crippen LogP contribution in [0, 0.1) is 6.92 Å². The molecule has 0 bridgehead atoms. The Labute approximate surface area is 134 Å². The lowest BCUT2D eigenvalue weighted by Gasteiger charge is -2.29. The SMILES string of the molecule is CCN(CC)C(CNC(=O)Nc1cc(C)on1)c1ccsc1. The predicted molar refractivity (Wildman–Crippen MR) is 88.2 cm³/mol. The van der Waals surface area contributed by atoms with Crippen LogP contribution in [0.3, 0.4) is 0 Å². The average Bonchev–Trinajstić information content (AvgIpc) is 3.15. The Bertz CT molecular complexity index is 578. The van der Waals surface area contributed by atoms with E-state index in [1.165, 1.54) is 5.56 Å². The molecule has 2 N–H and O–H groups in total. The van der Waals surface area contributed by atoms with Crippen LogP contribution in [0.1, 0.15) is 31.2 Å². The van der Waals surface area contributed by atoms with Crippen molar-refractivity contribution in [1.82, 2.24) is 15.4 Å². The monoisotopic (exact) mass is 322 g/mol. The molecule has 2 rings (SSSR count). The Balaban J connectivity index is 1.94. The van der Waals surface area contributed by atoms with Gasteiger partial charge in [0.1, 0.15) is 5.76 Å². The summed E-state index contributed by atoms with van der Waals surface area (Å²) in [7, 11) is 0. The van der Waals surface area contributed by atoms with Crippen LogP contribution in [-0.2, 0) is 0 Å². The van der Waals surface area contributed by atoms with Gasteiger partial charge < -0.3 is 9.84 Å². The Morgan fingerprint density at radius 2 is 2.23 bits per heavy atom. The molecular formula is C15H22N4O2S. The standard InChI is InChI=1S/C15H22N4O2S/c1-4-19(5-2)13(12-6-7-22-10-12)9-16-15(20)17-14-8-11(3)21-18-14/h6-8,10,13H,4-5,9H2,1-3H3,(H2,16,17,18,20). The van der Waals surface area contributed by atoms with Crippen LogP contribution in [0.25, 0.3) is 0 Å². The van der Waals surface area contributed by atoms with Gasteiger partial charge in [-0.25, -0.2) is 4.79 Å². The topological polar surface area (TPSA) is 70.4 Å². The molecule has 22 heavy (non-hydrogen) atoms. The fourth-order valence-electron chi connectivity index (χ4n) is 2.36. The van der Waals surface area contributed by atoms with Crippen LogP contribution in [0.5, 0.6) is 0 Å². The van der Waals surface area contributed by atoms with Crippen molar-refractivity contribution in [3.63, 3.8) is 0 Å². The second kappa shape index (κ2) is 7.95. The zero-order chi connectivity index (χ0) is 15.9. The zero-order valence-corrected chi connectivity index (χ0v) is 13.9. The van der Waals surface area contributed by atoms with E-state index in [0.717, 1.165) is 13.1 Å². The van der Waals surface area contributed by atoms with Crippen molar-refractivity contribution in [1.29, 1.82) is 0 Å². The summed E-state index contributed by atoms with van der Waals surface area (Å²) in [5.41, 5.74) is 1.23. The molecule has 0 spiro atoms. The largest absolute Gasteiger partial charge is 0.360 e. The van der Waals surface area contributed by atoms with Gasteiger partial charge in [0.05, 0.1) is 6.04 Å². The van der Waals surface area contributed by atoms with Crippen LogP contribution in [0.2, 0.25) is 0 Å². The van der Waals surface area contributed by atoms with E-state index in [2.05, 4.69) is 51.4 Å². The lowest BCUT2D eigenvalue weighted by Crippen LogP contribution is -2.39. The minimum absolute atomic E-state index is 0.172. The zero-order valence-electron chi connectivity index (χ0n) is 13.1. The van der Waals surface area contributed by atoms with Crippen LogP contribution in [0.15, 0.2) is 27.4 Å². The Kier molecular flexibility index (Phi) is 5.97. The van der Waals surface area contributed by atoms with E-state index < -0.39 is 0 Å². The third-order valence-corrected chi connectivity index (χ3v) is 4.21. The Hall–Kier alpha value is -1.86. The summed E-state index contributed by atoms with van der Waals surface area (Å²) in [6.07, 6.45) is 0. The van der Waals surface area contributed by atoms with Gasteiger partial charge in [-0.1, -0.05) is 19.0 Å². The van der Waals surface area contributed by atoms with Crippen molar-refractivity contribution in [3.8, 4) is 0 Å². The smallest absolute Gasteiger partial charge is 0.320 e. The number of carbonyl (C=O) groups is 1. The third kappa shape index (κ3) is 4.32. The minimum Gasteiger partial charge on any atom is -0.360 e. The number of aromatic nitrogens is 1. The van der Waals surface area contributed by atoms with E-state index in [4.69, 9.17) is 4.52 Å². The first-order chi connectivity index (χ1) is 10.6. The molecule has 120 valence electrons. The number of likely N-dealkylation sites (N-methyl/N-ethyl adjacent to an activating group) is 1. The first kappa shape index (κ1) is 16.5. The first-order valence-corrected chi connectivity index (χ1v) is 8.32. The molecule has 6 nitrogen and oxygen atoms in total. The molecule has 0 aliphatic rings. The van der Waals surface area contributed by atoms with Gasteiger partial charge in [-0.3, -0.25) is 10.2 Å². The summed E-state index contributed by atoms with van der Waals surface area (Å²) in [5.74, 6) is 1.08. The van der Waals surface area contributed by atoms with Gasteiger partial charge in [-0.15, -0.1) is 0 Å². The number of amides is 2. The molecule has 0 saturated carbocycles. The predicted octanol–water partition coefficient (Wildman–Crippen LogP) is 3.25. The van der Waals surface area contributed by atoms with E-state index in [0.29, 0.717) is 18.1 Å². The molecule has 1 atom stereocenters. The number of nitrogens with zero attached hydrogens (tertiary/aromatic N) is 2. The number of hydrogen-bond acceptors (Lipinski definition) is 5. The van der Waals surface area contributed by atoms with E-state index in [9.17, 15) is 4.79 Å². The average molecular weight is 322 g/mol. The molecule has 2 amide bonds. The molecule has 0 aliphatic carbocycles. The lowest BCUT2D eigenvalue weighted by molar-refractivity contribution is 0.210. The second-order valence-corrected chi connectivity index (χ2v) is 5.73. The van der Waals surface area contributed by atoms with Crippen molar-refractivity contribution in [3.05, 3.63) is 34.2 Å². The number of hydrogen-bond donors (Lipinski definition) is 2. The number of urea groups is 1. The number of anilines is 1. The molecule has 0 aromatic carbocycles. The Morgan fingerprint density at radius 3 is 2.77 bits per heavy atom. The van der Waals surface area contributed by atoms with Gasteiger partial charge in [0, 0.05) is 12.6 Å². The molecule has 0 radical (unpaired) electrons. The number of aryl methyl sites for hydroxylation is 1. The van der Waals surface area contributed by atoms with Crippen LogP contribution in [-0.4, -0.2) is 35.7 Å². The Morgan fingerprint density at radius 1 is 1.45 bits per heavy atom. The molecule has 0 aliphatic heterocycles. The van der Waals surface area contributed by atoms with Crippen molar-refractivity contribution in [2.45, 2.75) is 26.8 Å². The van der Waals surface area contributed by atoms with Gasteiger partial charge in [0.2, 0.25) is 0 Å². The highest BCUT2D eigenvalue weighted by Gasteiger charge is 2.19. The fraction of sp³-hybridized carbons (Fsp3) is 0.467. The van der Waals surface area contributed by atoms with Gasteiger partial charge in [0.15, 0.2) is 5.82 Å². The van der Waals surface area contributed by atoms with Crippen molar-refractivity contribution in [2.75, 3.05) is 25.0 Å². The van der Waals surface area contributed by atoms with Crippen LogP contribution < -0.4 is 10.6 Å². The third-order valence-electron chi connectivity index (χ3n) is 3.51. The highest BCUT2D eigenvalue weighted by molar-refractivity contribution is 7.07. The normalized spacial score (nSPS) is 12.4. The van der Waals surface area contributed by atoms with Gasteiger partial charge >= 0.3 is 6.03 Å². The van der Waals surface area contributed by atoms with Crippen molar-refractivity contribution < 1.29 is 9.32 Å². The maximum absolute atomic E-state index is 12.0. The van der Waals surface area contributed by atoms with E-state index in [-0.39, 0.29) is 12.1 Å². The molecule has 2 aromatic heterocycles. The number of rotatable bonds is 7. The lowest BCUT2D eigenvalue weighted by atomic mass is 10.1. The number of carbonyl (C=O) groups excluding carboxylic acids is 1. The number of nitrogens with one attached hydrogen (secondary N) is 2. The maximum atomic E-state index is 12.0. The molecule has 7 heteroatoms. The molecule has 2 aromatic rings. The molecular weight excluding hydrogens is 300 g/mol. The fourth-order valence-corrected chi connectivity index (χ4v) is 3.07. The molecule has 0 saturated heterocycles. The quantitative estimate of drug-likeness (QED) is 0.821. The number of thiophene rings is 1. The van der Waals surface area contributed by atoms with Gasteiger partial charge in [0.25, 0.3) is 0 Å². The summed E-state index contributed by atoms with van der Waals surface area (Å²) in [4.78, 5) is 14.3. The highest BCUT2D eigenvalue weighted by Crippen LogP contribution is 2.22. The van der Waals surface area contributed by atoms with Crippen molar-refractivity contribution >= 4 is 23.2 Å². The molecule has 0 fully saturated rings. The molecule has 2 heterocycles. The second-order valence-electron chi connectivity index (χ2n) is 4.95. The van der Waals surface area contributed by atoms with Crippen molar-refractivity contribution in [2.24, 2.45) is 0 Å². The maximum Gasteiger partial charge on any atom is 0.320 e. The summed E-state index contributed by atoms with van der Waals surface area (Å²) in [6, 6.07) is 3.68. The summed E-state index contributed by atoms with van der Waals surface area (Å²) in [6.45, 7) is 8.44. The molecule has 1 unspecified atom stereocenters. The summed E-state index contributed by atoms with van der Waals surface area (Å²) >= 11 is 1.67. The summed E-state index contributed by atoms with van der Waals surface area (Å²) < 4.78 is 4.92. The summed E-state index contributed by atoms with van der Waals surface area (Å²) in [5, 5.41) is 13.5. The van der Waals surface area contributed by atoms with E-state index in [1.54, 1.807) is 24.3 Å². The van der Waals surface area contributed by atoms with E-state index in [1.807, 2.05) is 0 Å². The van der Waals surface area contributed by atoms with Crippen LogP contribution >= 0.6 is 11.3 Å².